The van der Waals surface area contributed by atoms with Crippen LogP contribution >= 0.6 is 11.8 Å². The van der Waals surface area contributed by atoms with Crippen LogP contribution in [0.15, 0.2) is 46.9 Å². The van der Waals surface area contributed by atoms with Crippen molar-refractivity contribution in [3.8, 4) is 11.2 Å². The first-order chi connectivity index (χ1) is 6.29. The van der Waals surface area contributed by atoms with Crippen LogP contribution in [0.1, 0.15) is 13.8 Å². The first-order valence-corrected chi connectivity index (χ1v) is 4.96. The predicted molar refractivity (Wildman–Crippen MR) is 59.5 cm³/mol. The molecule has 1 rings (SSSR count). The fourth-order valence-corrected chi connectivity index (χ4v) is 1.28. The van der Waals surface area contributed by atoms with E-state index < -0.39 is 0 Å². The zero-order valence-electron chi connectivity index (χ0n) is 7.87. The van der Waals surface area contributed by atoms with E-state index in [-0.39, 0.29) is 0 Å². The Balaban J connectivity index is 2.51. The van der Waals surface area contributed by atoms with Crippen LogP contribution < -0.4 is 0 Å². The van der Waals surface area contributed by atoms with E-state index >= 15 is 0 Å². The summed E-state index contributed by atoms with van der Waals surface area (Å²) >= 11 is 1.56. The molecule has 1 aromatic rings. The molecular weight excluding hydrogens is 176 g/mol. The average molecular weight is 188 g/mol. The van der Waals surface area contributed by atoms with Crippen LogP contribution in [0, 0.1) is 11.2 Å². The molecule has 0 nitrogen and oxygen atoms in total. The van der Waals surface area contributed by atoms with Gasteiger partial charge >= 0.3 is 0 Å². The van der Waals surface area contributed by atoms with Crippen molar-refractivity contribution in [1.29, 1.82) is 0 Å². The Hall–Kier alpha value is -1.13. The third-order valence-corrected chi connectivity index (χ3v) is 2.06. The molecule has 0 aliphatic carbocycles. The molecule has 0 unspecified atom stereocenters. The zero-order chi connectivity index (χ0) is 9.52. The van der Waals surface area contributed by atoms with E-state index in [9.17, 15) is 0 Å². The van der Waals surface area contributed by atoms with E-state index in [1.165, 1.54) is 10.5 Å². The average Bonchev–Trinajstić information content (AvgIpc) is 2.14. The highest BCUT2D eigenvalue weighted by molar-refractivity contribution is 8.03. The molecule has 1 aromatic carbocycles. The van der Waals surface area contributed by atoms with Crippen molar-refractivity contribution < 1.29 is 0 Å². The minimum atomic E-state index is 1.19. The van der Waals surface area contributed by atoms with Gasteiger partial charge in [0.25, 0.3) is 0 Å². The number of thioether (sulfide) groups is 1. The number of hydrogen-bond donors (Lipinski definition) is 0. The lowest BCUT2D eigenvalue weighted by Crippen LogP contribution is -1.64. The van der Waals surface area contributed by atoms with E-state index in [0.717, 1.165) is 0 Å². The first kappa shape index (κ1) is 9.95. The Morgan fingerprint density at radius 2 is 1.92 bits per heavy atom. The minimum Gasteiger partial charge on any atom is -0.0681 e. The number of allylic oxidation sites excluding steroid dienone is 2. The summed E-state index contributed by atoms with van der Waals surface area (Å²) in [6.07, 6.45) is 1.93. The van der Waals surface area contributed by atoms with Crippen molar-refractivity contribution >= 4 is 11.8 Å². The number of rotatable bonds is 1. The molecule has 0 amide bonds. The second kappa shape index (κ2) is 5.50. The lowest BCUT2D eigenvalue weighted by molar-refractivity contribution is 1.40. The molecule has 0 saturated heterocycles. The van der Waals surface area contributed by atoms with Gasteiger partial charge in [-0.05, 0) is 49.1 Å². The zero-order valence-corrected chi connectivity index (χ0v) is 8.69. The second-order valence-electron chi connectivity index (χ2n) is 2.88. The molecule has 0 fully saturated rings. The monoisotopic (exact) mass is 188 g/mol. The quantitative estimate of drug-likeness (QED) is 0.478. The third-order valence-electron chi connectivity index (χ3n) is 1.33. The highest BCUT2D eigenvalue weighted by atomic mass is 32.2. The van der Waals surface area contributed by atoms with Crippen molar-refractivity contribution in [2.45, 2.75) is 18.7 Å². The van der Waals surface area contributed by atoms with Gasteiger partial charge in [-0.3, -0.25) is 0 Å². The van der Waals surface area contributed by atoms with Gasteiger partial charge in [0.1, 0.15) is 0 Å². The summed E-state index contributed by atoms with van der Waals surface area (Å²) in [7, 11) is 0. The van der Waals surface area contributed by atoms with Crippen molar-refractivity contribution in [2.24, 2.45) is 0 Å². The smallest absolute Gasteiger partial charge is 0.0203 e. The molecular formula is C12H12S. The summed E-state index contributed by atoms with van der Waals surface area (Å²) in [5, 5.41) is 3.02. The van der Waals surface area contributed by atoms with Crippen molar-refractivity contribution in [3.05, 3.63) is 42.0 Å². The largest absolute Gasteiger partial charge is 0.0681 e. The summed E-state index contributed by atoms with van der Waals surface area (Å²) < 4.78 is 0. The van der Waals surface area contributed by atoms with Gasteiger partial charge in [0.05, 0.1) is 0 Å². The molecule has 1 heteroatoms. The molecule has 0 saturated carbocycles. The fourth-order valence-electron chi connectivity index (χ4n) is 0.751. The minimum absolute atomic E-state index is 1.19. The molecule has 0 atom stereocenters. The summed E-state index contributed by atoms with van der Waals surface area (Å²) in [6, 6.07) is 10.2. The van der Waals surface area contributed by atoms with Crippen LogP contribution in [0.2, 0.25) is 0 Å². The molecule has 13 heavy (non-hydrogen) atoms. The number of hydrogen-bond acceptors (Lipinski definition) is 1. The maximum Gasteiger partial charge on any atom is 0.0203 e. The SMILES string of the molecule is CC(C)=CC#CSc1ccccc1. The van der Waals surface area contributed by atoms with Gasteiger partial charge in [-0.1, -0.05) is 29.7 Å². The predicted octanol–water partition coefficient (Wildman–Crippen LogP) is 3.71. The van der Waals surface area contributed by atoms with Crippen LogP contribution in [0.4, 0.5) is 0 Å². The maximum atomic E-state index is 3.02. The van der Waals surface area contributed by atoms with Crippen LogP contribution in [0.5, 0.6) is 0 Å². The molecule has 0 aromatic heterocycles. The molecule has 0 aliphatic heterocycles. The van der Waals surface area contributed by atoms with Crippen molar-refractivity contribution in [2.75, 3.05) is 0 Å². The molecule has 66 valence electrons. The molecule has 0 spiro atoms. The Bertz CT molecular complexity index is 334. The molecule has 0 N–H and O–H groups in total. The molecule has 0 aliphatic rings. The van der Waals surface area contributed by atoms with Gasteiger partial charge < -0.3 is 0 Å². The Morgan fingerprint density at radius 3 is 2.54 bits per heavy atom. The Kier molecular flexibility index (Phi) is 4.21. The number of benzene rings is 1. The van der Waals surface area contributed by atoms with Gasteiger partial charge in [0, 0.05) is 4.90 Å². The summed E-state index contributed by atoms with van der Waals surface area (Å²) in [6.45, 7) is 4.09. The normalized spacial score (nSPS) is 8.46. The standard InChI is InChI=1S/C12H12S/c1-11(2)7-6-10-13-12-8-4-3-5-9-12/h3-5,7-9H,1-2H3. The summed E-state index contributed by atoms with van der Waals surface area (Å²) in [5.41, 5.74) is 1.24. The van der Waals surface area contributed by atoms with Gasteiger partial charge in [-0.25, -0.2) is 0 Å². The summed E-state index contributed by atoms with van der Waals surface area (Å²) in [4.78, 5) is 1.19. The lowest BCUT2D eigenvalue weighted by Gasteiger charge is -1.89. The Morgan fingerprint density at radius 1 is 1.23 bits per heavy atom. The molecule has 0 radical (unpaired) electrons. The lowest BCUT2D eigenvalue weighted by atomic mass is 10.3. The van der Waals surface area contributed by atoms with E-state index in [2.05, 4.69) is 23.3 Å². The van der Waals surface area contributed by atoms with Gasteiger partial charge in [-0.2, -0.15) is 0 Å². The van der Waals surface area contributed by atoms with E-state index in [0.29, 0.717) is 0 Å². The topological polar surface area (TPSA) is 0 Å². The Labute approximate surface area is 84.1 Å². The van der Waals surface area contributed by atoms with E-state index in [4.69, 9.17) is 0 Å². The van der Waals surface area contributed by atoms with Crippen LogP contribution in [0.3, 0.4) is 0 Å². The third kappa shape index (κ3) is 4.45. The van der Waals surface area contributed by atoms with Crippen molar-refractivity contribution in [1.82, 2.24) is 0 Å². The van der Waals surface area contributed by atoms with E-state index in [1.807, 2.05) is 38.1 Å². The second-order valence-corrected chi connectivity index (χ2v) is 3.76. The highest BCUT2D eigenvalue weighted by Crippen LogP contribution is 2.14. The first-order valence-electron chi connectivity index (χ1n) is 4.15. The maximum absolute atomic E-state index is 3.02. The summed E-state index contributed by atoms with van der Waals surface area (Å²) in [5.74, 6) is 2.98. The molecule has 0 bridgehead atoms. The van der Waals surface area contributed by atoms with Crippen LogP contribution in [-0.2, 0) is 0 Å². The van der Waals surface area contributed by atoms with E-state index in [1.54, 1.807) is 11.8 Å². The highest BCUT2D eigenvalue weighted by Gasteiger charge is 1.84. The fraction of sp³-hybridized carbons (Fsp3) is 0.167. The van der Waals surface area contributed by atoms with Gasteiger partial charge in [0.2, 0.25) is 0 Å². The van der Waals surface area contributed by atoms with Gasteiger partial charge in [0.15, 0.2) is 0 Å². The van der Waals surface area contributed by atoms with Crippen LogP contribution in [-0.4, -0.2) is 0 Å². The van der Waals surface area contributed by atoms with Gasteiger partial charge in [-0.15, -0.1) is 0 Å². The molecule has 0 heterocycles. The van der Waals surface area contributed by atoms with Crippen molar-refractivity contribution in [3.63, 3.8) is 0 Å². The van der Waals surface area contributed by atoms with Crippen LogP contribution in [0.25, 0.3) is 0 Å².